The molecule has 2 aliphatic heterocycles. The van der Waals surface area contributed by atoms with Crippen LogP contribution in [-0.4, -0.2) is 71.7 Å². The lowest BCUT2D eigenvalue weighted by atomic mass is 9.98. The quantitative estimate of drug-likeness (QED) is 0.339. The normalized spacial score (nSPS) is 17.8. The van der Waals surface area contributed by atoms with Gasteiger partial charge in [0.25, 0.3) is 5.91 Å². The first-order chi connectivity index (χ1) is 19.9. The van der Waals surface area contributed by atoms with E-state index in [9.17, 15) is 18.0 Å². The van der Waals surface area contributed by atoms with Crippen molar-refractivity contribution < 1.29 is 22.7 Å². The SMILES string of the molecule is Cc1cn2nc([C@@H]3CCCCN3C(=O)c3cc(Cl)ccc3N[SH](=O)=O)cc2nc1N1CC(CNC(=O)OC(C)(C)C)C1. The van der Waals surface area contributed by atoms with E-state index in [-0.39, 0.29) is 23.2 Å². The van der Waals surface area contributed by atoms with Crippen LogP contribution in [0.25, 0.3) is 5.65 Å². The highest BCUT2D eigenvalue weighted by atomic mass is 35.5. The van der Waals surface area contributed by atoms with Crippen molar-refractivity contribution in [1.82, 2.24) is 24.8 Å². The Morgan fingerprint density at radius 3 is 2.64 bits per heavy atom. The Bertz CT molecular complexity index is 1570. The van der Waals surface area contributed by atoms with Gasteiger partial charge in [-0.15, -0.1) is 0 Å². The van der Waals surface area contributed by atoms with E-state index in [0.29, 0.717) is 29.7 Å². The fourth-order valence-corrected chi connectivity index (χ4v) is 6.01. The summed E-state index contributed by atoms with van der Waals surface area (Å²) >= 11 is 6.18. The maximum absolute atomic E-state index is 13.7. The number of hydrogen-bond donors (Lipinski definition) is 3. The van der Waals surface area contributed by atoms with Gasteiger partial charge in [0, 0.05) is 54.9 Å². The van der Waals surface area contributed by atoms with Gasteiger partial charge in [0.1, 0.15) is 11.4 Å². The second-order valence-electron chi connectivity index (χ2n) is 11.8. The smallest absolute Gasteiger partial charge is 0.407 e. The van der Waals surface area contributed by atoms with Crippen LogP contribution in [0.15, 0.2) is 30.5 Å². The summed E-state index contributed by atoms with van der Waals surface area (Å²) in [6, 6.07) is 6.13. The Kier molecular flexibility index (Phi) is 8.51. The number of benzene rings is 1. The number of hydrogen-bond acceptors (Lipinski definition) is 8. The van der Waals surface area contributed by atoms with E-state index in [4.69, 9.17) is 26.4 Å². The number of rotatable bonds is 7. The van der Waals surface area contributed by atoms with Crippen LogP contribution in [0.2, 0.25) is 5.02 Å². The van der Waals surface area contributed by atoms with Crippen molar-refractivity contribution in [3.63, 3.8) is 0 Å². The molecule has 2 fully saturated rings. The highest BCUT2D eigenvalue weighted by Gasteiger charge is 2.33. The largest absolute Gasteiger partial charge is 0.444 e. The molecule has 12 nitrogen and oxygen atoms in total. The lowest BCUT2D eigenvalue weighted by Crippen LogP contribution is -2.52. The molecule has 14 heteroatoms. The van der Waals surface area contributed by atoms with Crippen LogP contribution in [0.5, 0.6) is 0 Å². The Labute approximate surface area is 251 Å². The number of thiol groups is 1. The number of nitrogens with one attached hydrogen (secondary N) is 2. The Hall–Kier alpha value is -3.58. The minimum Gasteiger partial charge on any atom is -0.444 e. The summed E-state index contributed by atoms with van der Waals surface area (Å²) in [7, 11) is -2.95. The number of fused-ring (bicyclic) bond motifs is 1. The first-order valence-corrected chi connectivity index (χ1v) is 15.5. The van der Waals surface area contributed by atoms with Gasteiger partial charge in [-0.1, -0.05) is 11.6 Å². The van der Waals surface area contributed by atoms with Gasteiger partial charge in [0.15, 0.2) is 5.65 Å². The van der Waals surface area contributed by atoms with Gasteiger partial charge in [-0.3, -0.25) is 9.52 Å². The van der Waals surface area contributed by atoms with Crippen molar-refractivity contribution in [2.45, 2.75) is 58.6 Å². The molecule has 1 aromatic carbocycles. The molecule has 4 heterocycles. The molecule has 3 aromatic rings. The molecule has 2 N–H and O–H groups in total. The Balaban J connectivity index is 1.31. The molecule has 2 aromatic heterocycles. The average Bonchev–Trinajstić information content (AvgIpc) is 3.29. The number of piperidine rings is 1. The van der Waals surface area contributed by atoms with E-state index in [1.165, 1.54) is 12.1 Å². The number of carbonyl (C=O) groups is 2. The van der Waals surface area contributed by atoms with Gasteiger partial charge in [0.05, 0.1) is 23.0 Å². The lowest BCUT2D eigenvalue weighted by molar-refractivity contribution is 0.0515. The molecular weight excluding hydrogens is 582 g/mol. The lowest BCUT2D eigenvalue weighted by Gasteiger charge is -2.40. The minimum absolute atomic E-state index is 0.191. The third-order valence-corrected chi connectivity index (χ3v) is 8.00. The predicted molar refractivity (Wildman–Crippen MR) is 161 cm³/mol. The molecule has 2 saturated heterocycles. The van der Waals surface area contributed by atoms with Crippen molar-refractivity contribution in [2.75, 3.05) is 35.8 Å². The third kappa shape index (κ3) is 6.73. The Morgan fingerprint density at radius 1 is 1.17 bits per heavy atom. The second kappa shape index (κ2) is 12.0. The zero-order chi connectivity index (χ0) is 30.2. The predicted octanol–water partition coefficient (Wildman–Crippen LogP) is 3.96. The average molecular weight is 618 g/mol. The minimum atomic E-state index is -2.95. The van der Waals surface area contributed by atoms with Gasteiger partial charge in [-0.25, -0.2) is 22.7 Å². The number of likely N-dealkylation sites (tertiary alicyclic amines) is 1. The second-order valence-corrected chi connectivity index (χ2v) is 13.0. The van der Waals surface area contributed by atoms with Crippen molar-refractivity contribution in [3.8, 4) is 0 Å². The molecule has 0 radical (unpaired) electrons. The molecule has 0 saturated carbocycles. The number of halogens is 1. The summed E-state index contributed by atoms with van der Waals surface area (Å²) < 4.78 is 32.1. The first kappa shape index (κ1) is 29.9. The van der Waals surface area contributed by atoms with Gasteiger partial charge in [-0.05, 0) is 65.2 Å². The molecule has 0 spiro atoms. The molecule has 2 aliphatic rings. The van der Waals surface area contributed by atoms with Gasteiger partial charge in [-0.2, -0.15) is 5.10 Å². The number of amides is 2. The van der Waals surface area contributed by atoms with Crippen LogP contribution in [-0.2, 0) is 15.6 Å². The topological polar surface area (TPSA) is 138 Å². The Morgan fingerprint density at radius 2 is 1.93 bits per heavy atom. The van der Waals surface area contributed by atoms with Gasteiger partial charge in [0.2, 0.25) is 10.9 Å². The van der Waals surface area contributed by atoms with Crippen LogP contribution in [0, 0.1) is 12.8 Å². The highest BCUT2D eigenvalue weighted by Crippen LogP contribution is 2.34. The van der Waals surface area contributed by atoms with E-state index in [1.807, 2.05) is 40.0 Å². The summed E-state index contributed by atoms with van der Waals surface area (Å²) in [5.41, 5.74) is 2.22. The first-order valence-electron chi connectivity index (χ1n) is 14.0. The molecule has 0 unspecified atom stereocenters. The molecule has 5 rings (SSSR count). The van der Waals surface area contributed by atoms with Gasteiger partial charge < -0.3 is 19.9 Å². The zero-order valence-corrected chi connectivity index (χ0v) is 25.7. The van der Waals surface area contributed by atoms with Crippen molar-refractivity contribution in [3.05, 3.63) is 52.3 Å². The maximum Gasteiger partial charge on any atom is 0.407 e. The van der Waals surface area contributed by atoms with E-state index >= 15 is 0 Å². The number of anilines is 2. The standard InChI is InChI=1S/C28H36ClN7O5S/c1-17-14-36-24(31-25(17)34-15-18(16-34)13-30-27(38)41-28(2,3)4)12-22(32-36)23-7-5-6-10-35(23)26(37)20-11-19(29)8-9-21(20)33-42(39)40/h8-9,11-12,14,18,23,42H,5-7,10,13,15-16H2,1-4H3,(H,30,38)(H,33,39,40)/t23-/m0/s1. The summed E-state index contributed by atoms with van der Waals surface area (Å²) in [6.07, 6.45) is 4.00. The van der Waals surface area contributed by atoms with Crippen molar-refractivity contribution in [2.24, 2.45) is 5.92 Å². The summed E-state index contributed by atoms with van der Waals surface area (Å²) in [4.78, 5) is 34.5. The molecule has 226 valence electrons. The highest BCUT2D eigenvalue weighted by molar-refractivity contribution is 7.73. The monoisotopic (exact) mass is 617 g/mol. The van der Waals surface area contributed by atoms with Crippen molar-refractivity contribution >= 4 is 51.6 Å². The molecule has 2 amide bonds. The molecular formula is C28H36ClN7O5S. The summed E-state index contributed by atoms with van der Waals surface area (Å²) in [5.74, 6) is 0.846. The van der Waals surface area contributed by atoms with E-state index in [0.717, 1.165) is 49.4 Å². The van der Waals surface area contributed by atoms with E-state index in [1.54, 1.807) is 15.5 Å². The number of carbonyl (C=O) groups excluding carboxylic acids is 2. The third-order valence-electron chi connectivity index (χ3n) is 7.34. The number of ether oxygens (including phenoxy) is 1. The van der Waals surface area contributed by atoms with E-state index < -0.39 is 22.6 Å². The van der Waals surface area contributed by atoms with Crippen molar-refractivity contribution in [1.29, 1.82) is 0 Å². The van der Waals surface area contributed by atoms with Gasteiger partial charge >= 0.3 is 6.09 Å². The summed E-state index contributed by atoms with van der Waals surface area (Å²) in [5, 5.41) is 7.97. The summed E-state index contributed by atoms with van der Waals surface area (Å²) in [6.45, 7) is 10.1. The fourth-order valence-electron chi connectivity index (χ4n) is 5.44. The van der Waals surface area contributed by atoms with Crippen LogP contribution in [0.1, 0.15) is 67.7 Å². The van der Waals surface area contributed by atoms with E-state index in [2.05, 4.69) is 14.9 Å². The number of nitrogens with zero attached hydrogens (tertiary/aromatic N) is 5. The maximum atomic E-state index is 13.7. The molecule has 1 atom stereocenters. The van der Waals surface area contributed by atoms with Crippen LogP contribution >= 0.6 is 11.6 Å². The zero-order valence-electron chi connectivity index (χ0n) is 24.1. The van der Waals surface area contributed by atoms with Crippen LogP contribution < -0.4 is 14.9 Å². The molecule has 42 heavy (non-hydrogen) atoms. The number of aromatic nitrogens is 3. The molecule has 0 bridgehead atoms. The number of alkyl carbamates (subject to hydrolysis) is 1. The van der Waals surface area contributed by atoms with Crippen LogP contribution in [0.4, 0.5) is 16.3 Å². The molecule has 0 aliphatic carbocycles. The fraction of sp³-hybridized carbons (Fsp3) is 0.500. The number of aryl methyl sites for hydroxylation is 1. The van der Waals surface area contributed by atoms with Crippen LogP contribution in [0.3, 0.4) is 0 Å².